The van der Waals surface area contributed by atoms with Crippen LogP contribution in [0.2, 0.25) is 0 Å². The van der Waals surface area contributed by atoms with Crippen LogP contribution in [0.1, 0.15) is 11.1 Å². The second-order valence-corrected chi connectivity index (χ2v) is 2.70. The molecule has 0 atom stereocenters. The molecule has 1 aromatic carbocycles. The van der Waals surface area contributed by atoms with Crippen LogP contribution in [0.3, 0.4) is 0 Å². The fourth-order valence-electron chi connectivity index (χ4n) is 1.22. The molecule has 0 saturated heterocycles. The molecular weight excluding hydrogens is 167 g/mol. The van der Waals surface area contributed by atoms with E-state index >= 15 is 0 Å². The van der Waals surface area contributed by atoms with Crippen molar-refractivity contribution in [2.24, 2.45) is 0 Å². The minimum Gasteiger partial charge on any atom is -0.463 e. The van der Waals surface area contributed by atoms with Gasteiger partial charge in [0.25, 0.3) is 0 Å². The highest BCUT2D eigenvalue weighted by molar-refractivity contribution is 5.84. The fourth-order valence-corrected chi connectivity index (χ4v) is 1.22. The van der Waals surface area contributed by atoms with Gasteiger partial charge in [0.15, 0.2) is 0 Å². The summed E-state index contributed by atoms with van der Waals surface area (Å²) < 4.78 is 16.9. The lowest BCUT2D eigenvalue weighted by atomic mass is 10.1. The average molecular weight is 173 g/mol. The Balaban J connectivity index is 2.76. The number of benzene rings is 1. The molecule has 1 aromatic heterocycles. The molecule has 0 fully saturated rings. The summed E-state index contributed by atoms with van der Waals surface area (Å²) in [6, 6.07) is 5.44. The molecule has 0 saturated carbocycles. The number of fused-ring (bicyclic) bond motifs is 1. The molecule has 0 unspecified atom stereocenters. The van der Waals surface area contributed by atoms with E-state index in [-0.39, 0.29) is 0 Å². The van der Waals surface area contributed by atoms with Crippen LogP contribution in [0.15, 0.2) is 28.9 Å². The Morgan fingerprint density at radius 1 is 1.38 bits per heavy atom. The molecule has 1 nitrogen and oxygen atoms in total. The zero-order valence-corrected chi connectivity index (χ0v) is 6.80. The molecule has 2 heteroatoms. The van der Waals surface area contributed by atoms with Crippen LogP contribution in [0.25, 0.3) is 11.0 Å². The minimum atomic E-state index is 0.558. The van der Waals surface area contributed by atoms with Crippen molar-refractivity contribution in [2.75, 3.05) is 0 Å². The number of hydrogen-bond acceptors (Lipinski definition) is 1. The van der Waals surface area contributed by atoms with Crippen LogP contribution in [-0.4, -0.2) is 0 Å². The van der Waals surface area contributed by atoms with Gasteiger partial charge in [-0.15, -0.1) is 4.39 Å². The van der Waals surface area contributed by atoms with Crippen molar-refractivity contribution >= 4 is 11.0 Å². The van der Waals surface area contributed by atoms with Gasteiger partial charge in [0, 0.05) is 5.39 Å². The Kier molecular flexibility index (Phi) is 1.79. The van der Waals surface area contributed by atoms with Gasteiger partial charge >= 0.3 is 0 Å². The van der Waals surface area contributed by atoms with Gasteiger partial charge in [-0.1, -0.05) is 6.07 Å². The molecule has 0 aliphatic heterocycles. The Hall–Kier alpha value is -1.75. The van der Waals surface area contributed by atoms with Gasteiger partial charge in [0.1, 0.15) is 18.0 Å². The van der Waals surface area contributed by atoms with E-state index in [1.807, 2.05) is 12.1 Å². The van der Waals surface area contributed by atoms with Crippen LogP contribution in [-0.2, 0) is 0 Å². The molecule has 13 heavy (non-hydrogen) atoms. The third kappa shape index (κ3) is 1.29. The molecule has 0 aliphatic carbocycles. The Morgan fingerprint density at radius 2 is 2.23 bits per heavy atom. The first-order chi connectivity index (χ1) is 6.31. The molecule has 0 spiro atoms. The first kappa shape index (κ1) is 7.88. The minimum absolute atomic E-state index is 0.558. The van der Waals surface area contributed by atoms with Gasteiger partial charge in [-0.3, -0.25) is 0 Å². The van der Waals surface area contributed by atoms with E-state index in [0.717, 1.165) is 10.9 Å². The highest BCUT2D eigenvalue weighted by Gasteiger charge is 2.02. The summed E-state index contributed by atoms with van der Waals surface area (Å²) in [5, 5.41) is 0.803. The maximum atomic E-state index is 11.8. The van der Waals surface area contributed by atoms with Gasteiger partial charge in [-0.25, -0.2) is 0 Å². The van der Waals surface area contributed by atoms with Crippen molar-refractivity contribution in [2.45, 2.75) is 0 Å². The summed E-state index contributed by atoms with van der Waals surface area (Å²) in [5.41, 5.74) is 2.11. The summed E-state index contributed by atoms with van der Waals surface area (Å²) in [4.78, 5) is 0. The normalized spacial score (nSPS) is 9.69. The molecular formula is C11H6FO. The van der Waals surface area contributed by atoms with Crippen molar-refractivity contribution in [1.82, 2.24) is 0 Å². The third-order valence-electron chi connectivity index (χ3n) is 1.82. The fraction of sp³-hybridized carbons (Fsp3) is 0. The summed E-state index contributed by atoms with van der Waals surface area (Å²) >= 11 is 0. The lowest BCUT2D eigenvalue weighted by molar-refractivity contribution is 0.614. The molecule has 2 rings (SSSR count). The number of hydrogen-bond donors (Lipinski definition) is 0. The van der Waals surface area contributed by atoms with Crippen molar-refractivity contribution in [3.05, 3.63) is 42.5 Å². The highest BCUT2D eigenvalue weighted by Crippen LogP contribution is 2.21. The molecule has 0 amide bonds. The maximum absolute atomic E-state index is 11.8. The van der Waals surface area contributed by atoms with E-state index < -0.39 is 0 Å². The molecule has 0 N–H and O–H groups in total. The summed E-state index contributed by atoms with van der Waals surface area (Å²) in [6.45, 7) is 3.77. The predicted octanol–water partition coefficient (Wildman–Crippen LogP) is 2.89. The Bertz CT molecular complexity index is 500. The van der Waals surface area contributed by atoms with Crippen LogP contribution in [0, 0.1) is 19.0 Å². The molecule has 63 valence electrons. The molecule has 1 heterocycles. The molecule has 2 aromatic rings. The van der Waals surface area contributed by atoms with Crippen LogP contribution >= 0.6 is 0 Å². The highest BCUT2D eigenvalue weighted by atomic mass is 19.1. The summed E-state index contributed by atoms with van der Waals surface area (Å²) in [5.74, 6) is 2.32. The predicted molar refractivity (Wildman–Crippen MR) is 48.7 cm³/mol. The lowest BCUT2D eigenvalue weighted by Gasteiger charge is -1.90. The third-order valence-corrected chi connectivity index (χ3v) is 1.82. The molecule has 0 bridgehead atoms. The van der Waals surface area contributed by atoms with E-state index in [2.05, 4.69) is 12.8 Å². The second-order valence-electron chi connectivity index (χ2n) is 2.70. The van der Waals surface area contributed by atoms with Crippen LogP contribution in [0.5, 0.6) is 0 Å². The number of halogens is 1. The first-order valence-corrected chi connectivity index (χ1v) is 3.76. The van der Waals surface area contributed by atoms with Gasteiger partial charge in [0.2, 0.25) is 0 Å². The number of rotatable bonds is 0. The van der Waals surface area contributed by atoms with Gasteiger partial charge in [0.05, 0.1) is 5.56 Å². The largest absolute Gasteiger partial charge is 0.463 e. The lowest BCUT2D eigenvalue weighted by Crippen LogP contribution is -1.72. The smallest absolute Gasteiger partial charge is 0.135 e. The van der Waals surface area contributed by atoms with E-state index in [1.165, 1.54) is 12.4 Å². The van der Waals surface area contributed by atoms with E-state index in [9.17, 15) is 4.39 Å². The van der Waals surface area contributed by atoms with E-state index in [4.69, 9.17) is 4.42 Å². The standard InChI is InChI=1S/C11H6FO/c1-8-2-3-11-10(6-8)9(4-5-12)7-13-11/h2-3,6-7H,1H2. The number of furan rings is 1. The maximum Gasteiger partial charge on any atom is 0.135 e. The van der Waals surface area contributed by atoms with Crippen molar-refractivity contribution in [3.8, 4) is 12.1 Å². The zero-order chi connectivity index (χ0) is 9.26. The average Bonchev–Trinajstić information content (AvgIpc) is 2.49. The Labute approximate surface area is 75.2 Å². The van der Waals surface area contributed by atoms with Crippen LogP contribution < -0.4 is 0 Å². The molecule has 0 aliphatic rings. The van der Waals surface area contributed by atoms with Gasteiger partial charge in [-0.05, 0) is 30.5 Å². The van der Waals surface area contributed by atoms with Crippen LogP contribution in [0.4, 0.5) is 4.39 Å². The van der Waals surface area contributed by atoms with Gasteiger partial charge in [-0.2, -0.15) is 0 Å². The molecule has 1 radical (unpaired) electrons. The summed E-state index contributed by atoms with van der Waals surface area (Å²) in [7, 11) is 0. The summed E-state index contributed by atoms with van der Waals surface area (Å²) in [6.07, 6.45) is 2.79. The van der Waals surface area contributed by atoms with Crippen molar-refractivity contribution < 1.29 is 8.81 Å². The van der Waals surface area contributed by atoms with E-state index in [1.54, 1.807) is 6.07 Å². The van der Waals surface area contributed by atoms with Gasteiger partial charge < -0.3 is 4.42 Å². The second kappa shape index (κ2) is 2.95. The quantitative estimate of drug-likeness (QED) is 0.558. The SMILES string of the molecule is [CH2]c1ccc2occ(C#CF)c2c1. The van der Waals surface area contributed by atoms with E-state index in [0.29, 0.717) is 11.1 Å². The Morgan fingerprint density at radius 3 is 3.00 bits per heavy atom. The van der Waals surface area contributed by atoms with Crippen molar-refractivity contribution in [1.29, 1.82) is 0 Å². The topological polar surface area (TPSA) is 13.1 Å². The first-order valence-electron chi connectivity index (χ1n) is 3.76. The zero-order valence-electron chi connectivity index (χ0n) is 6.80. The monoisotopic (exact) mass is 173 g/mol. The van der Waals surface area contributed by atoms with Crippen molar-refractivity contribution in [3.63, 3.8) is 0 Å².